The quantitative estimate of drug-likeness (QED) is 0.615. The van der Waals surface area contributed by atoms with E-state index in [0.717, 1.165) is 11.3 Å². The summed E-state index contributed by atoms with van der Waals surface area (Å²) in [5.74, 6) is -2.16. The van der Waals surface area contributed by atoms with Gasteiger partial charge in [0, 0.05) is 12.3 Å². The Morgan fingerprint density at radius 1 is 1.24 bits per heavy atom. The SMILES string of the molecule is CC(C)C(NC(=O)OCc1ccccc1)C(=O)CC1CCCc2ncoc2CNC(=O)C1=O. The van der Waals surface area contributed by atoms with E-state index in [-0.39, 0.29) is 31.3 Å². The van der Waals surface area contributed by atoms with Crippen LogP contribution in [-0.2, 0) is 38.7 Å². The van der Waals surface area contributed by atoms with Gasteiger partial charge in [-0.1, -0.05) is 44.2 Å². The van der Waals surface area contributed by atoms with E-state index in [0.29, 0.717) is 25.0 Å². The number of rotatable bonds is 7. The minimum Gasteiger partial charge on any atom is -0.446 e. The summed E-state index contributed by atoms with van der Waals surface area (Å²) in [6.07, 6.45) is 1.98. The molecule has 0 bridgehead atoms. The second-order valence-corrected chi connectivity index (χ2v) is 8.46. The van der Waals surface area contributed by atoms with Gasteiger partial charge in [0.25, 0.3) is 5.91 Å². The fourth-order valence-electron chi connectivity index (χ4n) is 3.80. The lowest BCUT2D eigenvalue weighted by Gasteiger charge is -2.23. The molecule has 2 atom stereocenters. The second kappa shape index (κ2) is 11.4. The van der Waals surface area contributed by atoms with E-state index >= 15 is 0 Å². The third-order valence-corrected chi connectivity index (χ3v) is 5.64. The molecule has 2 unspecified atom stereocenters. The number of fused-ring (bicyclic) bond motifs is 1. The molecule has 0 saturated heterocycles. The zero-order valence-corrected chi connectivity index (χ0v) is 18.8. The van der Waals surface area contributed by atoms with E-state index < -0.39 is 29.7 Å². The molecule has 0 radical (unpaired) electrons. The summed E-state index contributed by atoms with van der Waals surface area (Å²) in [6, 6.07) is 8.37. The Kier molecular flexibility index (Phi) is 8.34. The fraction of sp³-hybridized carbons (Fsp3) is 0.458. The number of ketones is 2. The van der Waals surface area contributed by atoms with Crippen LogP contribution in [0.5, 0.6) is 0 Å². The number of hydrogen-bond donors (Lipinski definition) is 2. The number of amides is 2. The normalized spacial score (nSPS) is 17.6. The minimum atomic E-state index is -0.832. The summed E-state index contributed by atoms with van der Waals surface area (Å²) in [5, 5.41) is 5.16. The molecule has 0 aliphatic carbocycles. The average Bonchev–Trinajstić information content (AvgIpc) is 3.25. The van der Waals surface area contributed by atoms with Crippen LogP contribution >= 0.6 is 0 Å². The predicted molar refractivity (Wildman–Crippen MR) is 118 cm³/mol. The number of carbonyl (C=O) groups excluding carboxylic acids is 4. The molecule has 1 aliphatic rings. The van der Waals surface area contributed by atoms with Crippen LogP contribution in [0.3, 0.4) is 0 Å². The van der Waals surface area contributed by atoms with Crippen molar-refractivity contribution in [2.45, 2.75) is 58.7 Å². The van der Waals surface area contributed by atoms with Gasteiger partial charge in [-0.2, -0.15) is 0 Å². The molecule has 9 nitrogen and oxygen atoms in total. The van der Waals surface area contributed by atoms with Gasteiger partial charge in [0.1, 0.15) is 12.4 Å². The third kappa shape index (κ3) is 6.74. The number of alkyl carbamates (subject to hydrolysis) is 1. The number of Topliss-reactive ketones (excluding diaryl/α,β-unsaturated/α-hetero) is 2. The molecule has 2 amide bonds. The fourth-order valence-corrected chi connectivity index (χ4v) is 3.80. The minimum absolute atomic E-state index is 0.0734. The Hall–Kier alpha value is -3.49. The first-order valence-electron chi connectivity index (χ1n) is 11.1. The Labute approximate surface area is 192 Å². The molecule has 2 N–H and O–H groups in total. The van der Waals surface area contributed by atoms with Gasteiger partial charge in [-0.05, 0) is 30.7 Å². The molecule has 2 aromatic rings. The highest BCUT2D eigenvalue weighted by Gasteiger charge is 2.33. The van der Waals surface area contributed by atoms with E-state index in [2.05, 4.69) is 15.6 Å². The van der Waals surface area contributed by atoms with Crippen molar-refractivity contribution in [3.8, 4) is 0 Å². The van der Waals surface area contributed by atoms with Gasteiger partial charge in [-0.25, -0.2) is 9.78 Å². The molecule has 0 spiro atoms. The molecule has 3 rings (SSSR count). The molecule has 1 aromatic heterocycles. The first-order valence-corrected chi connectivity index (χ1v) is 11.1. The second-order valence-electron chi connectivity index (χ2n) is 8.46. The number of nitrogens with one attached hydrogen (secondary N) is 2. The lowest BCUT2D eigenvalue weighted by atomic mass is 9.86. The van der Waals surface area contributed by atoms with E-state index in [1.807, 2.05) is 30.3 Å². The van der Waals surface area contributed by atoms with Gasteiger partial charge in [0.05, 0.1) is 18.3 Å². The number of ether oxygens (including phenoxy) is 1. The maximum atomic E-state index is 13.0. The summed E-state index contributed by atoms with van der Waals surface area (Å²) in [6.45, 7) is 3.75. The smallest absolute Gasteiger partial charge is 0.408 e. The molecule has 0 saturated carbocycles. The highest BCUT2D eigenvalue weighted by Crippen LogP contribution is 2.21. The van der Waals surface area contributed by atoms with Crippen molar-refractivity contribution < 1.29 is 28.3 Å². The van der Waals surface area contributed by atoms with Crippen molar-refractivity contribution in [3.05, 3.63) is 53.7 Å². The molecular formula is C24H29N3O6. The lowest BCUT2D eigenvalue weighted by Crippen LogP contribution is -2.46. The summed E-state index contributed by atoms with van der Waals surface area (Å²) < 4.78 is 10.5. The number of aryl methyl sites for hydroxylation is 1. The highest BCUT2D eigenvalue weighted by atomic mass is 16.5. The standard InChI is InChI=1S/C24H29N3O6/c1-15(2)21(27-24(31)32-13-16-7-4-3-5-8-16)19(28)11-17-9-6-10-18-20(33-14-26-18)12-25-23(30)22(17)29/h3-5,7-8,14-15,17,21H,6,9-13H2,1-2H3,(H,25,30)(H,27,31). The van der Waals surface area contributed by atoms with E-state index in [4.69, 9.17) is 9.15 Å². The maximum Gasteiger partial charge on any atom is 0.408 e. The summed E-state index contributed by atoms with van der Waals surface area (Å²) in [5.41, 5.74) is 1.56. The van der Waals surface area contributed by atoms with Crippen LogP contribution in [0.15, 0.2) is 41.1 Å². The Morgan fingerprint density at radius 3 is 2.73 bits per heavy atom. The zero-order chi connectivity index (χ0) is 23.8. The van der Waals surface area contributed by atoms with Crippen LogP contribution in [0.2, 0.25) is 0 Å². The first kappa shape index (κ1) is 24.2. The van der Waals surface area contributed by atoms with Crippen LogP contribution in [0.4, 0.5) is 4.79 Å². The lowest BCUT2D eigenvalue weighted by molar-refractivity contribution is -0.141. The molecule has 0 fully saturated rings. The van der Waals surface area contributed by atoms with Gasteiger partial charge < -0.3 is 19.8 Å². The number of aromatic nitrogens is 1. The molecule has 9 heteroatoms. The van der Waals surface area contributed by atoms with Crippen molar-refractivity contribution in [1.29, 1.82) is 0 Å². The average molecular weight is 456 g/mol. The Balaban J connectivity index is 1.61. The Morgan fingerprint density at radius 2 is 2.00 bits per heavy atom. The van der Waals surface area contributed by atoms with Crippen LogP contribution in [0.1, 0.15) is 50.1 Å². The number of carbonyl (C=O) groups is 4. The van der Waals surface area contributed by atoms with Crippen molar-refractivity contribution in [1.82, 2.24) is 15.6 Å². The van der Waals surface area contributed by atoms with Crippen molar-refractivity contribution in [2.75, 3.05) is 0 Å². The molecule has 33 heavy (non-hydrogen) atoms. The monoisotopic (exact) mass is 455 g/mol. The largest absolute Gasteiger partial charge is 0.446 e. The molecule has 176 valence electrons. The topological polar surface area (TPSA) is 128 Å². The zero-order valence-electron chi connectivity index (χ0n) is 18.8. The summed E-state index contributed by atoms with van der Waals surface area (Å²) in [4.78, 5) is 54.5. The van der Waals surface area contributed by atoms with Crippen molar-refractivity contribution in [3.63, 3.8) is 0 Å². The van der Waals surface area contributed by atoms with Crippen LogP contribution in [0.25, 0.3) is 0 Å². The van der Waals surface area contributed by atoms with Crippen molar-refractivity contribution in [2.24, 2.45) is 11.8 Å². The van der Waals surface area contributed by atoms with E-state index in [1.54, 1.807) is 13.8 Å². The number of hydrogen-bond acceptors (Lipinski definition) is 7. The third-order valence-electron chi connectivity index (χ3n) is 5.64. The van der Waals surface area contributed by atoms with E-state index in [9.17, 15) is 19.2 Å². The van der Waals surface area contributed by atoms with Crippen LogP contribution < -0.4 is 10.6 Å². The van der Waals surface area contributed by atoms with Crippen molar-refractivity contribution >= 4 is 23.6 Å². The molecule has 1 aliphatic heterocycles. The van der Waals surface area contributed by atoms with E-state index in [1.165, 1.54) is 6.39 Å². The van der Waals surface area contributed by atoms with Gasteiger partial charge in [0.2, 0.25) is 5.78 Å². The molecular weight excluding hydrogens is 426 g/mol. The maximum absolute atomic E-state index is 13.0. The molecule has 1 aromatic carbocycles. The van der Waals surface area contributed by atoms with Gasteiger partial charge in [-0.3, -0.25) is 14.4 Å². The predicted octanol–water partition coefficient (Wildman–Crippen LogP) is 2.72. The Bertz CT molecular complexity index is 985. The number of oxazole rings is 1. The number of benzene rings is 1. The molecule has 2 heterocycles. The van der Waals surface area contributed by atoms with Gasteiger partial charge in [-0.15, -0.1) is 0 Å². The van der Waals surface area contributed by atoms with Crippen LogP contribution in [-0.4, -0.2) is 34.6 Å². The first-order chi connectivity index (χ1) is 15.8. The van der Waals surface area contributed by atoms with Crippen LogP contribution in [0, 0.1) is 11.8 Å². The summed E-state index contributed by atoms with van der Waals surface area (Å²) in [7, 11) is 0. The highest BCUT2D eigenvalue weighted by molar-refractivity contribution is 6.37. The number of nitrogens with zero attached hydrogens (tertiary/aromatic N) is 1. The van der Waals surface area contributed by atoms with Gasteiger partial charge in [0.15, 0.2) is 12.2 Å². The summed E-state index contributed by atoms with van der Waals surface area (Å²) >= 11 is 0. The van der Waals surface area contributed by atoms with Gasteiger partial charge >= 0.3 is 6.09 Å².